The summed E-state index contributed by atoms with van der Waals surface area (Å²) < 4.78 is 4.45. The van der Waals surface area contributed by atoms with Gasteiger partial charge in [0.1, 0.15) is 5.75 Å². The van der Waals surface area contributed by atoms with E-state index < -0.39 is 10.4 Å². The summed E-state index contributed by atoms with van der Waals surface area (Å²) in [6.07, 6.45) is 1.43. The Labute approximate surface area is 102 Å². The highest BCUT2D eigenvalue weighted by molar-refractivity contribution is 6.61. The normalized spacial score (nSPS) is 8.59. The maximum absolute atomic E-state index is 10.2. The molecule has 0 fully saturated rings. The molecule has 6 nitrogen and oxygen atoms in total. The zero-order valence-electron chi connectivity index (χ0n) is 8.71. The van der Waals surface area contributed by atoms with E-state index in [1.165, 1.54) is 30.3 Å². The van der Waals surface area contributed by atoms with Gasteiger partial charge in [0, 0.05) is 23.7 Å². The molecule has 0 aliphatic rings. The van der Waals surface area contributed by atoms with Gasteiger partial charge in [0.2, 0.25) is 0 Å². The van der Waals surface area contributed by atoms with Gasteiger partial charge in [-0.15, -0.1) is 6.58 Å². The van der Waals surface area contributed by atoms with E-state index in [0.717, 1.165) is 0 Å². The molecule has 0 atom stereocenters. The largest absolute Gasteiger partial charge is 0.414 e. The summed E-state index contributed by atoms with van der Waals surface area (Å²) in [5.41, 5.74) is -1.05. The van der Waals surface area contributed by atoms with Crippen molar-refractivity contribution in [2.75, 3.05) is 6.61 Å². The average molecular weight is 260 g/mol. The predicted octanol–water partition coefficient (Wildman–Crippen LogP) is 2.50. The van der Waals surface area contributed by atoms with Gasteiger partial charge < -0.3 is 9.84 Å². The van der Waals surface area contributed by atoms with Gasteiger partial charge in [-0.05, 0) is 12.1 Å². The molecule has 1 aromatic rings. The third-order valence-electron chi connectivity index (χ3n) is 1.37. The van der Waals surface area contributed by atoms with Crippen LogP contribution in [-0.4, -0.2) is 22.1 Å². The van der Waals surface area contributed by atoms with E-state index in [1.807, 2.05) is 0 Å². The molecule has 0 amide bonds. The fraction of sp³-hybridized carbons (Fsp3) is 0.100. The summed E-state index contributed by atoms with van der Waals surface area (Å²) in [6, 6.07) is 5.02. The van der Waals surface area contributed by atoms with Crippen molar-refractivity contribution in [3.63, 3.8) is 0 Å². The van der Waals surface area contributed by atoms with Crippen LogP contribution in [0.3, 0.4) is 0 Å². The molecule has 0 aromatic heterocycles. The minimum absolute atomic E-state index is 0.0747. The number of benzene rings is 1. The SMILES string of the molecule is C=CCO.O=C(Cl)Oc1ccc([N+](=O)[O-])cc1. The Kier molecular flexibility index (Phi) is 7.32. The Balaban J connectivity index is 0.000000557. The number of aliphatic hydroxyl groups excluding tert-OH is 1. The zero-order valence-corrected chi connectivity index (χ0v) is 9.46. The summed E-state index contributed by atoms with van der Waals surface area (Å²) in [6.45, 7) is 3.31. The summed E-state index contributed by atoms with van der Waals surface area (Å²) in [4.78, 5) is 19.9. The lowest BCUT2D eigenvalue weighted by Crippen LogP contribution is -1.96. The van der Waals surface area contributed by atoms with Crippen LogP contribution in [0.25, 0.3) is 0 Å². The van der Waals surface area contributed by atoms with E-state index in [2.05, 4.69) is 11.3 Å². The number of nitro groups is 1. The van der Waals surface area contributed by atoms with E-state index in [9.17, 15) is 14.9 Å². The Bertz CT molecular complexity index is 390. The van der Waals surface area contributed by atoms with Crippen molar-refractivity contribution >= 4 is 22.7 Å². The van der Waals surface area contributed by atoms with Crippen molar-refractivity contribution in [3.05, 3.63) is 47.0 Å². The minimum Gasteiger partial charge on any atom is -0.414 e. The smallest absolute Gasteiger partial charge is 0.409 e. The molecule has 0 saturated heterocycles. The second-order valence-corrected chi connectivity index (χ2v) is 2.87. The van der Waals surface area contributed by atoms with Crippen LogP contribution in [0.2, 0.25) is 0 Å². The molecule has 0 heterocycles. The van der Waals surface area contributed by atoms with E-state index in [1.54, 1.807) is 0 Å². The Hall–Kier alpha value is -1.92. The van der Waals surface area contributed by atoms with Crippen molar-refractivity contribution in [3.8, 4) is 5.75 Å². The summed E-state index contributed by atoms with van der Waals surface area (Å²) in [7, 11) is 0. The van der Waals surface area contributed by atoms with Crippen molar-refractivity contribution in [2.24, 2.45) is 0 Å². The highest BCUT2D eigenvalue weighted by atomic mass is 35.5. The molecule has 0 aliphatic heterocycles. The number of rotatable bonds is 3. The summed E-state index contributed by atoms with van der Waals surface area (Å²) in [5.74, 6) is 0.172. The second-order valence-electron chi connectivity index (χ2n) is 2.56. The average Bonchev–Trinajstić information content (AvgIpc) is 2.29. The number of non-ortho nitro benzene ring substituents is 1. The topological polar surface area (TPSA) is 89.7 Å². The van der Waals surface area contributed by atoms with Gasteiger partial charge in [-0.3, -0.25) is 10.1 Å². The number of carbonyl (C=O) groups excluding carboxylic acids is 1. The first-order chi connectivity index (χ1) is 8.01. The van der Waals surface area contributed by atoms with Gasteiger partial charge in [-0.25, -0.2) is 4.79 Å². The molecule has 0 bridgehead atoms. The van der Waals surface area contributed by atoms with Gasteiger partial charge in [-0.2, -0.15) is 0 Å². The third-order valence-corrected chi connectivity index (χ3v) is 1.45. The Morgan fingerprint density at radius 2 is 2.00 bits per heavy atom. The third kappa shape index (κ3) is 7.04. The van der Waals surface area contributed by atoms with Crippen molar-refractivity contribution in [1.29, 1.82) is 0 Å². The number of halogens is 1. The molecule has 0 spiro atoms. The van der Waals surface area contributed by atoms with E-state index in [-0.39, 0.29) is 18.0 Å². The number of hydrogen-bond donors (Lipinski definition) is 1. The van der Waals surface area contributed by atoms with Crippen LogP contribution in [0.1, 0.15) is 0 Å². The first-order valence-corrected chi connectivity index (χ1v) is 4.72. The van der Waals surface area contributed by atoms with Crippen molar-refractivity contribution in [2.45, 2.75) is 0 Å². The second kappa shape index (κ2) is 8.26. The fourth-order valence-corrected chi connectivity index (χ4v) is 0.818. The molecule has 0 unspecified atom stereocenters. The van der Waals surface area contributed by atoms with Crippen LogP contribution in [-0.2, 0) is 0 Å². The molecule has 1 rings (SSSR count). The monoisotopic (exact) mass is 259 g/mol. The quantitative estimate of drug-likeness (QED) is 0.390. The molecule has 0 radical (unpaired) electrons. The molecule has 17 heavy (non-hydrogen) atoms. The highest BCUT2D eigenvalue weighted by Gasteiger charge is 2.05. The molecular formula is C10H10ClNO5. The number of aliphatic hydroxyl groups is 1. The minimum atomic E-state index is -0.978. The molecular weight excluding hydrogens is 250 g/mol. The lowest BCUT2D eigenvalue weighted by Gasteiger charge is -1.97. The maximum atomic E-state index is 10.2. The lowest BCUT2D eigenvalue weighted by molar-refractivity contribution is -0.384. The summed E-state index contributed by atoms with van der Waals surface area (Å²) >= 11 is 4.92. The number of nitro benzene ring substituents is 1. The van der Waals surface area contributed by atoms with Crippen molar-refractivity contribution in [1.82, 2.24) is 0 Å². The van der Waals surface area contributed by atoms with Crippen LogP contribution in [0.5, 0.6) is 5.75 Å². The van der Waals surface area contributed by atoms with Gasteiger partial charge in [0.15, 0.2) is 0 Å². The molecule has 92 valence electrons. The number of nitrogens with zero attached hydrogens (tertiary/aromatic N) is 1. The Morgan fingerprint density at radius 1 is 1.53 bits per heavy atom. The summed E-state index contributed by atoms with van der Waals surface area (Å²) in [5, 5.41) is 18.0. The van der Waals surface area contributed by atoms with Gasteiger partial charge in [0.05, 0.1) is 11.5 Å². The van der Waals surface area contributed by atoms with E-state index in [0.29, 0.717) is 0 Å². The number of ether oxygens (including phenoxy) is 1. The fourth-order valence-electron chi connectivity index (χ4n) is 0.729. The molecule has 0 saturated carbocycles. The first-order valence-electron chi connectivity index (χ1n) is 4.34. The van der Waals surface area contributed by atoms with E-state index in [4.69, 9.17) is 16.7 Å². The van der Waals surface area contributed by atoms with Gasteiger partial charge in [0.25, 0.3) is 5.69 Å². The van der Waals surface area contributed by atoms with Gasteiger partial charge >= 0.3 is 5.43 Å². The molecule has 0 aliphatic carbocycles. The van der Waals surface area contributed by atoms with Crippen LogP contribution in [0, 0.1) is 10.1 Å². The van der Waals surface area contributed by atoms with E-state index >= 15 is 0 Å². The number of carbonyl (C=O) groups is 1. The van der Waals surface area contributed by atoms with Crippen LogP contribution >= 0.6 is 11.6 Å². The Morgan fingerprint density at radius 3 is 2.29 bits per heavy atom. The van der Waals surface area contributed by atoms with Crippen LogP contribution in [0.4, 0.5) is 10.5 Å². The predicted molar refractivity (Wildman–Crippen MR) is 62.3 cm³/mol. The molecule has 7 heteroatoms. The zero-order chi connectivity index (χ0) is 13.3. The van der Waals surface area contributed by atoms with Gasteiger partial charge in [-0.1, -0.05) is 6.08 Å². The number of hydrogen-bond acceptors (Lipinski definition) is 5. The van der Waals surface area contributed by atoms with Crippen LogP contribution < -0.4 is 4.74 Å². The maximum Gasteiger partial charge on any atom is 0.409 e. The van der Waals surface area contributed by atoms with Crippen LogP contribution in [0.15, 0.2) is 36.9 Å². The highest BCUT2D eigenvalue weighted by Crippen LogP contribution is 2.17. The standard InChI is InChI=1S/C7H4ClNO4.C3H6O/c8-7(10)13-6-3-1-5(2-4-6)9(11)12;1-2-3-4/h1-4H;2,4H,1,3H2. The first kappa shape index (κ1) is 15.1. The molecule has 1 N–H and O–H groups in total. The molecule has 1 aromatic carbocycles. The lowest BCUT2D eigenvalue weighted by atomic mass is 10.3. The van der Waals surface area contributed by atoms with Crippen molar-refractivity contribution < 1.29 is 19.6 Å².